The summed E-state index contributed by atoms with van der Waals surface area (Å²) in [5.41, 5.74) is 0.964. The summed E-state index contributed by atoms with van der Waals surface area (Å²) in [5.74, 6) is -1.08. The molecule has 0 radical (unpaired) electrons. The van der Waals surface area contributed by atoms with Gasteiger partial charge in [-0.05, 0) is 30.5 Å². The Morgan fingerprint density at radius 3 is 2.56 bits per heavy atom. The fourth-order valence-electron chi connectivity index (χ4n) is 1.73. The molecule has 0 amide bonds. The normalized spacial score (nSPS) is 17.7. The predicted molar refractivity (Wildman–Crippen MR) is 52.3 cm³/mol. The third kappa shape index (κ3) is 3.82. The fourth-order valence-corrected chi connectivity index (χ4v) is 1.73. The van der Waals surface area contributed by atoms with E-state index in [0.717, 1.165) is 5.56 Å². The van der Waals surface area contributed by atoms with Gasteiger partial charge in [-0.15, -0.1) is 0 Å². The first kappa shape index (κ1) is 14.7. The van der Waals surface area contributed by atoms with Crippen molar-refractivity contribution in [3.8, 4) is 0 Å². The van der Waals surface area contributed by atoms with E-state index in [1.807, 2.05) is 6.07 Å². The minimum Gasteiger partial charge on any atom is -0.449 e. The van der Waals surface area contributed by atoms with Gasteiger partial charge in [0.05, 0.1) is 0 Å². The van der Waals surface area contributed by atoms with E-state index >= 15 is 0 Å². The van der Waals surface area contributed by atoms with Gasteiger partial charge in [0.2, 0.25) is 0 Å². The van der Waals surface area contributed by atoms with E-state index in [4.69, 9.17) is 0 Å². The van der Waals surface area contributed by atoms with Crippen LogP contribution in [-0.2, 0) is 6.54 Å². The van der Waals surface area contributed by atoms with Crippen LogP contribution in [0.15, 0.2) is 24.5 Å². The molecule has 0 unspecified atom stereocenters. The van der Waals surface area contributed by atoms with E-state index in [9.17, 15) is 12.9 Å². The zero-order valence-electron chi connectivity index (χ0n) is 9.11. The summed E-state index contributed by atoms with van der Waals surface area (Å²) in [6.07, 6.45) is 3.34. The van der Waals surface area contributed by atoms with Gasteiger partial charge < -0.3 is 17.8 Å². The van der Waals surface area contributed by atoms with Gasteiger partial charge in [0.1, 0.15) is 0 Å². The minimum atomic E-state index is -4.65. The molecule has 0 aliphatic carbocycles. The molecule has 82 valence electrons. The summed E-state index contributed by atoms with van der Waals surface area (Å²) in [7, 11) is 0. The molecule has 16 heavy (non-hydrogen) atoms. The molecule has 2 heterocycles. The number of halogens is 3. The summed E-state index contributed by atoms with van der Waals surface area (Å²) in [6.45, 7) is -3.80. The number of nitrogens with zero attached hydrogens (tertiary/aromatic N) is 2. The van der Waals surface area contributed by atoms with E-state index in [1.165, 1.54) is 0 Å². The molecule has 1 aliphatic heterocycles. The third-order valence-electron chi connectivity index (χ3n) is 2.65. The Hall–Kier alpha value is 0.601. The second-order valence-electron chi connectivity index (χ2n) is 3.94. The zero-order chi connectivity index (χ0) is 10.9. The second kappa shape index (κ2) is 5.97. The Morgan fingerprint density at radius 1 is 1.38 bits per heavy atom. The van der Waals surface area contributed by atoms with Gasteiger partial charge in [-0.25, -0.2) is 0 Å². The van der Waals surface area contributed by atoms with Crippen molar-refractivity contribution in [1.82, 2.24) is 9.88 Å². The van der Waals surface area contributed by atoms with Crippen LogP contribution in [0.1, 0.15) is 5.56 Å². The van der Waals surface area contributed by atoms with Crippen molar-refractivity contribution in [2.24, 2.45) is 0 Å². The molecular weight excluding hydrogens is 243 g/mol. The van der Waals surface area contributed by atoms with E-state index < -0.39 is 12.8 Å². The Morgan fingerprint density at radius 2 is 2.06 bits per heavy atom. The van der Waals surface area contributed by atoms with Crippen molar-refractivity contribution >= 4 is 6.98 Å². The average molecular weight is 254 g/mol. The number of aromatic nitrogens is 1. The first-order valence-electron chi connectivity index (χ1n) is 4.87. The van der Waals surface area contributed by atoms with Crippen LogP contribution >= 0.6 is 0 Å². The summed E-state index contributed by atoms with van der Waals surface area (Å²) in [4.78, 5) is 5.71. The molecule has 1 aliphatic rings. The van der Waals surface area contributed by atoms with Crippen molar-refractivity contribution in [2.75, 3.05) is 13.1 Å². The predicted octanol–water partition coefficient (Wildman–Crippen LogP) is -0.881. The quantitative estimate of drug-likeness (QED) is 0.651. The van der Waals surface area contributed by atoms with Crippen molar-refractivity contribution in [1.29, 1.82) is 0 Å². The Kier molecular flexibility index (Phi) is 5.47. The maximum atomic E-state index is 12.2. The van der Waals surface area contributed by atoms with Crippen LogP contribution in [0.25, 0.3) is 0 Å². The van der Waals surface area contributed by atoms with Crippen molar-refractivity contribution in [3.05, 3.63) is 30.1 Å². The molecule has 0 atom stereocenters. The van der Waals surface area contributed by atoms with Gasteiger partial charge in [-0.3, -0.25) is 4.98 Å². The summed E-state index contributed by atoms with van der Waals surface area (Å²) >= 11 is 0. The fraction of sp³-hybridized carbons (Fsp3) is 0.444. The van der Waals surface area contributed by atoms with Crippen molar-refractivity contribution in [3.63, 3.8) is 0 Å². The van der Waals surface area contributed by atoms with Crippen LogP contribution in [0, 0.1) is 0 Å². The first-order valence-corrected chi connectivity index (χ1v) is 4.87. The van der Waals surface area contributed by atoms with Crippen LogP contribution < -0.4 is 51.4 Å². The first-order chi connectivity index (χ1) is 7.05. The molecule has 0 spiro atoms. The molecule has 1 aromatic rings. The topological polar surface area (TPSA) is 16.1 Å². The average Bonchev–Trinajstić information content (AvgIpc) is 2.10. The standard InChI is InChI=1S/C9H11BF3N2.K/c11-10(12,13)9-6-15(7-9)5-8-2-1-3-14-4-8;/h1-4,9H,5-7H2;/q-1;+1. The smallest absolute Gasteiger partial charge is 0.449 e. The molecule has 1 aromatic heterocycles. The SMILES string of the molecule is F[B-](F)(F)C1CN(Cc2cccnc2)C1.[K+]. The molecule has 1 fully saturated rings. The second-order valence-corrected chi connectivity index (χ2v) is 3.94. The number of pyridine rings is 1. The minimum absolute atomic E-state index is 0. The summed E-state index contributed by atoms with van der Waals surface area (Å²) < 4.78 is 36.7. The summed E-state index contributed by atoms with van der Waals surface area (Å²) in [6, 6.07) is 3.67. The van der Waals surface area contributed by atoms with Crippen LogP contribution in [0.4, 0.5) is 12.9 Å². The molecule has 0 N–H and O–H groups in total. The van der Waals surface area contributed by atoms with E-state index in [-0.39, 0.29) is 64.5 Å². The van der Waals surface area contributed by atoms with Crippen LogP contribution in [0.5, 0.6) is 0 Å². The molecule has 2 rings (SSSR count). The maximum Gasteiger partial charge on any atom is 1.00 e. The summed E-state index contributed by atoms with van der Waals surface area (Å²) in [5, 5.41) is 0. The molecule has 2 nitrogen and oxygen atoms in total. The largest absolute Gasteiger partial charge is 1.00 e. The number of likely N-dealkylation sites (tertiary alicyclic amines) is 1. The zero-order valence-corrected chi connectivity index (χ0v) is 12.2. The van der Waals surface area contributed by atoms with Gasteiger partial charge in [0, 0.05) is 18.9 Å². The van der Waals surface area contributed by atoms with E-state index in [2.05, 4.69) is 4.98 Å². The van der Waals surface area contributed by atoms with Gasteiger partial charge in [0.15, 0.2) is 0 Å². The molecule has 7 heteroatoms. The van der Waals surface area contributed by atoms with Crippen molar-refractivity contribution in [2.45, 2.75) is 12.4 Å². The number of hydrogen-bond donors (Lipinski definition) is 0. The van der Waals surface area contributed by atoms with E-state index in [1.54, 1.807) is 23.4 Å². The monoisotopic (exact) mass is 254 g/mol. The van der Waals surface area contributed by atoms with Gasteiger partial charge in [0.25, 0.3) is 0 Å². The van der Waals surface area contributed by atoms with Gasteiger partial charge in [-0.2, -0.15) is 0 Å². The molecular formula is C9H11BF3KN2. The number of rotatable bonds is 3. The Labute approximate surface area is 135 Å². The Balaban J connectivity index is 0.00000128. The van der Waals surface area contributed by atoms with Gasteiger partial charge >= 0.3 is 58.4 Å². The number of hydrogen-bond acceptors (Lipinski definition) is 2. The van der Waals surface area contributed by atoms with Crippen LogP contribution in [-0.4, -0.2) is 30.0 Å². The third-order valence-corrected chi connectivity index (χ3v) is 2.65. The molecule has 0 aromatic carbocycles. The van der Waals surface area contributed by atoms with E-state index in [0.29, 0.717) is 6.54 Å². The van der Waals surface area contributed by atoms with Crippen LogP contribution in [0.3, 0.4) is 0 Å². The molecule has 0 bridgehead atoms. The molecule has 0 saturated carbocycles. The van der Waals surface area contributed by atoms with Crippen molar-refractivity contribution < 1.29 is 64.3 Å². The van der Waals surface area contributed by atoms with Crippen LogP contribution in [0.2, 0.25) is 5.82 Å². The maximum absolute atomic E-state index is 12.2. The Bertz CT molecular complexity index is 327. The van der Waals surface area contributed by atoms with Gasteiger partial charge in [-0.1, -0.05) is 6.07 Å². The molecule has 1 saturated heterocycles.